The van der Waals surface area contributed by atoms with Crippen molar-refractivity contribution in [3.63, 3.8) is 0 Å². The Morgan fingerprint density at radius 1 is 1.09 bits per heavy atom. The Bertz CT molecular complexity index is 1370. The molecular formula is C25H20F3N3O3S. The highest BCUT2D eigenvalue weighted by Gasteiger charge is 2.34. The van der Waals surface area contributed by atoms with Crippen molar-refractivity contribution in [1.29, 1.82) is 0 Å². The van der Waals surface area contributed by atoms with E-state index in [0.717, 1.165) is 17.4 Å². The van der Waals surface area contributed by atoms with E-state index in [9.17, 15) is 18.0 Å². The topological polar surface area (TPSA) is 64.5 Å². The van der Waals surface area contributed by atoms with Crippen molar-refractivity contribution in [3.05, 3.63) is 83.7 Å². The maximum atomic E-state index is 13.5. The molecule has 0 spiro atoms. The molecular weight excluding hydrogens is 479 g/mol. The summed E-state index contributed by atoms with van der Waals surface area (Å²) in [6.45, 7) is 0.0874. The van der Waals surface area contributed by atoms with Crippen LogP contribution in [0.25, 0.3) is 16.3 Å². The van der Waals surface area contributed by atoms with E-state index in [4.69, 9.17) is 9.47 Å². The van der Waals surface area contributed by atoms with Crippen molar-refractivity contribution in [3.8, 4) is 11.5 Å². The summed E-state index contributed by atoms with van der Waals surface area (Å²) >= 11 is 1.02. The lowest BCUT2D eigenvalue weighted by atomic mass is 10.2. The van der Waals surface area contributed by atoms with Gasteiger partial charge in [-0.1, -0.05) is 29.5 Å². The fourth-order valence-electron chi connectivity index (χ4n) is 3.41. The number of thiazole rings is 1. The van der Waals surface area contributed by atoms with E-state index in [1.807, 2.05) is 0 Å². The predicted molar refractivity (Wildman–Crippen MR) is 129 cm³/mol. The Kier molecular flexibility index (Phi) is 7.02. The third-order valence-electron chi connectivity index (χ3n) is 5.10. The monoisotopic (exact) mass is 499 g/mol. The Morgan fingerprint density at radius 2 is 1.89 bits per heavy atom. The molecule has 0 unspecified atom stereocenters. The number of carbonyl (C=O) groups is 1. The summed E-state index contributed by atoms with van der Waals surface area (Å²) in [5.41, 5.74) is 0.358. The largest absolute Gasteiger partial charge is 0.493 e. The third kappa shape index (κ3) is 5.43. The molecule has 1 amide bonds. The Morgan fingerprint density at radius 3 is 2.57 bits per heavy atom. The van der Waals surface area contributed by atoms with Crippen LogP contribution >= 0.6 is 11.3 Å². The van der Waals surface area contributed by atoms with Crippen molar-refractivity contribution in [2.45, 2.75) is 12.7 Å². The highest BCUT2D eigenvalue weighted by atomic mass is 32.1. The molecule has 2 heterocycles. The number of ether oxygens (including phenoxy) is 2. The lowest BCUT2D eigenvalue weighted by Crippen LogP contribution is -2.28. The smallest absolute Gasteiger partial charge is 0.418 e. The van der Waals surface area contributed by atoms with Crippen LogP contribution in [0.4, 0.5) is 18.3 Å². The van der Waals surface area contributed by atoms with Crippen LogP contribution in [-0.4, -0.2) is 30.1 Å². The number of methoxy groups -OCH3 is 2. The molecule has 0 saturated carbocycles. The second kappa shape index (κ2) is 10.1. The first-order chi connectivity index (χ1) is 16.8. The molecule has 10 heteroatoms. The van der Waals surface area contributed by atoms with Crippen LogP contribution < -0.4 is 14.4 Å². The van der Waals surface area contributed by atoms with Gasteiger partial charge in [-0.25, -0.2) is 4.98 Å². The van der Waals surface area contributed by atoms with Crippen molar-refractivity contribution in [1.82, 2.24) is 9.97 Å². The Labute approximate surface area is 203 Å². The standard InChI is InChI=1S/C25H20F3N3O3S/c1-33-19-10-8-16(13-20(19)34-2)9-11-22(32)31(15-17-5-4-12-29-14-17)24-30-23-18(25(26,27)28)6-3-7-21(23)35-24/h3-14H,15H2,1-2H3/b11-9+. The molecule has 0 atom stereocenters. The minimum Gasteiger partial charge on any atom is -0.493 e. The second-order valence-corrected chi connectivity index (χ2v) is 8.39. The van der Waals surface area contributed by atoms with Gasteiger partial charge >= 0.3 is 6.18 Å². The van der Waals surface area contributed by atoms with E-state index in [2.05, 4.69) is 9.97 Å². The Balaban J connectivity index is 1.71. The summed E-state index contributed by atoms with van der Waals surface area (Å²) in [6.07, 6.45) is 1.56. The minimum atomic E-state index is -4.56. The summed E-state index contributed by atoms with van der Waals surface area (Å²) in [6, 6.07) is 12.5. The number of rotatable bonds is 7. The zero-order valence-electron chi connectivity index (χ0n) is 18.7. The summed E-state index contributed by atoms with van der Waals surface area (Å²) in [5, 5.41) is 0.155. The Hall–Kier alpha value is -3.92. The summed E-state index contributed by atoms with van der Waals surface area (Å²) in [4.78, 5) is 22.9. The quantitative estimate of drug-likeness (QED) is 0.293. The number of alkyl halides is 3. The zero-order chi connectivity index (χ0) is 25.0. The number of hydrogen-bond acceptors (Lipinski definition) is 6. The van der Waals surface area contributed by atoms with Crippen LogP contribution in [0.5, 0.6) is 11.5 Å². The van der Waals surface area contributed by atoms with Crippen molar-refractivity contribution in [2.24, 2.45) is 0 Å². The number of halogens is 3. The number of nitrogens with zero attached hydrogens (tertiary/aromatic N) is 3. The maximum Gasteiger partial charge on any atom is 0.418 e. The van der Waals surface area contributed by atoms with Gasteiger partial charge in [-0.2, -0.15) is 13.2 Å². The second-order valence-electron chi connectivity index (χ2n) is 7.38. The van der Waals surface area contributed by atoms with E-state index in [0.29, 0.717) is 27.3 Å². The molecule has 0 bridgehead atoms. The van der Waals surface area contributed by atoms with Crippen LogP contribution in [0, 0.1) is 0 Å². The highest BCUT2D eigenvalue weighted by molar-refractivity contribution is 7.22. The van der Waals surface area contributed by atoms with Crippen LogP contribution in [0.1, 0.15) is 16.7 Å². The van der Waals surface area contributed by atoms with Gasteiger partial charge in [0.2, 0.25) is 0 Å². The van der Waals surface area contributed by atoms with E-state index < -0.39 is 17.6 Å². The van der Waals surface area contributed by atoms with Crippen LogP contribution in [-0.2, 0) is 17.5 Å². The number of fused-ring (bicyclic) bond motifs is 1. The van der Waals surface area contributed by atoms with Gasteiger partial charge in [0.25, 0.3) is 5.91 Å². The molecule has 0 N–H and O–H groups in total. The SMILES string of the molecule is COc1ccc(/C=C/C(=O)N(Cc2cccnc2)c2nc3c(C(F)(F)F)cccc3s2)cc1OC. The van der Waals surface area contributed by atoms with Gasteiger partial charge in [0, 0.05) is 18.5 Å². The van der Waals surface area contributed by atoms with Gasteiger partial charge < -0.3 is 9.47 Å². The van der Waals surface area contributed by atoms with E-state index in [1.165, 1.54) is 31.3 Å². The number of pyridine rings is 1. The zero-order valence-corrected chi connectivity index (χ0v) is 19.6. The molecule has 4 aromatic rings. The molecule has 2 aromatic heterocycles. The van der Waals surface area contributed by atoms with Crippen LogP contribution in [0.2, 0.25) is 0 Å². The molecule has 0 aliphatic carbocycles. The molecule has 0 radical (unpaired) electrons. The molecule has 4 rings (SSSR count). The van der Waals surface area contributed by atoms with Gasteiger partial charge in [-0.05, 0) is 47.5 Å². The molecule has 0 aliphatic heterocycles. The first-order valence-electron chi connectivity index (χ1n) is 10.4. The average molecular weight is 500 g/mol. The molecule has 180 valence electrons. The highest BCUT2D eigenvalue weighted by Crippen LogP contribution is 2.38. The lowest BCUT2D eigenvalue weighted by molar-refractivity contribution is -0.136. The summed E-state index contributed by atoms with van der Waals surface area (Å²) in [7, 11) is 3.03. The minimum absolute atomic E-state index is 0.0874. The van der Waals surface area contributed by atoms with Gasteiger partial charge in [-0.3, -0.25) is 14.7 Å². The van der Waals surface area contributed by atoms with Crippen LogP contribution in [0.3, 0.4) is 0 Å². The van der Waals surface area contributed by atoms with Crippen LogP contribution in [0.15, 0.2) is 67.0 Å². The van der Waals surface area contributed by atoms with Crippen molar-refractivity contribution in [2.75, 3.05) is 19.1 Å². The van der Waals surface area contributed by atoms with Crippen molar-refractivity contribution >= 4 is 38.7 Å². The molecule has 0 aliphatic rings. The first-order valence-corrected chi connectivity index (χ1v) is 11.2. The molecule has 6 nitrogen and oxygen atoms in total. The third-order valence-corrected chi connectivity index (χ3v) is 6.14. The first kappa shape index (κ1) is 24.2. The van der Waals surface area contributed by atoms with E-state index in [1.54, 1.807) is 54.9 Å². The summed E-state index contributed by atoms with van der Waals surface area (Å²) in [5.74, 6) is 0.598. The molecule has 2 aromatic carbocycles. The molecule has 0 saturated heterocycles. The average Bonchev–Trinajstić information content (AvgIpc) is 3.29. The maximum absolute atomic E-state index is 13.5. The van der Waals surface area contributed by atoms with Crippen molar-refractivity contribution < 1.29 is 27.4 Å². The number of amides is 1. The fourth-order valence-corrected chi connectivity index (χ4v) is 4.41. The normalized spacial score (nSPS) is 11.7. The van der Waals surface area contributed by atoms with Gasteiger partial charge in [0.15, 0.2) is 16.6 Å². The summed E-state index contributed by atoms with van der Waals surface area (Å²) < 4.78 is 51.4. The molecule has 0 fully saturated rings. The predicted octanol–water partition coefficient (Wildman–Crippen LogP) is 5.97. The molecule has 35 heavy (non-hydrogen) atoms. The van der Waals surface area contributed by atoms with E-state index in [-0.39, 0.29) is 17.2 Å². The fraction of sp³-hybridized carbons (Fsp3) is 0.160. The number of anilines is 1. The number of hydrogen-bond donors (Lipinski definition) is 0. The number of para-hydroxylation sites is 1. The lowest BCUT2D eigenvalue weighted by Gasteiger charge is -2.18. The number of benzene rings is 2. The number of aromatic nitrogens is 2. The number of carbonyl (C=O) groups excluding carboxylic acids is 1. The van der Waals surface area contributed by atoms with E-state index >= 15 is 0 Å². The van der Waals surface area contributed by atoms with Gasteiger partial charge in [0.1, 0.15) is 0 Å². The van der Waals surface area contributed by atoms with Gasteiger partial charge in [0.05, 0.1) is 36.5 Å². The van der Waals surface area contributed by atoms with Gasteiger partial charge in [-0.15, -0.1) is 0 Å².